The van der Waals surface area contributed by atoms with Crippen molar-refractivity contribution in [1.29, 1.82) is 0 Å². The summed E-state index contributed by atoms with van der Waals surface area (Å²) in [5.74, 6) is 0. The second kappa shape index (κ2) is 5.93. The van der Waals surface area contributed by atoms with Crippen molar-refractivity contribution in [3.8, 4) is 0 Å². The summed E-state index contributed by atoms with van der Waals surface area (Å²) in [7, 11) is 2.18. The summed E-state index contributed by atoms with van der Waals surface area (Å²) >= 11 is 0. The van der Waals surface area contributed by atoms with Crippen molar-refractivity contribution in [2.45, 2.75) is 5.67 Å². The van der Waals surface area contributed by atoms with Crippen molar-refractivity contribution in [3.05, 3.63) is 6.92 Å². The Hall–Kier alpha value is 0.0169. The normalized spacial score (nSPS) is 21.6. The molecule has 0 aromatic heterocycles. The van der Waals surface area contributed by atoms with Gasteiger partial charge in [-0.15, -0.1) is 0 Å². The Bertz CT molecular complexity index is 175. The van der Waals surface area contributed by atoms with E-state index in [1.165, 1.54) is 0 Å². The zero-order valence-electron chi connectivity index (χ0n) is 9.69. The van der Waals surface area contributed by atoms with E-state index in [4.69, 9.17) is 18.0 Å². The second-order valence-corrected chi connectivity index (χ2v) is 6.48. The molecule has 0 aromatic rings. The number of hydrogen-bond donors (Lipinski definition) is 0. The minimum atomic E-state index is -2.65. The van der Waals surface area contributed by atoms with Crippen LogP contribution < -0.4 is 0 Å². The molecular weight excluding hydrogens is 214 g/mol. The maximum Gasteiger partial charge on any atom is 0.518 e. The summed E-state index contributed by atoms with van der Waals surface area (Å²) < 4.78 is 21.5. The molecule has 0 aliphatic carbocycles. The van der Waals surface area contributed by atoms with Crippen LogP contribution in [0, 0.1) is 6.92 Å². The first kappa shape index (κ1) is 13.1. The Morgan fingerprint density at radius 2 is 1.60 bits per heavy atom. The maximum atomic E-state index is 5.40. The van der Waals surface area contributed by atoms with Gasteiger partial charge in [0.05, 0.1) is 18.9 Å². The van der Waals surface area contributed by atoms with E-state index in [2.05, 4.69) is 11.8 Å². The van der Waals surface area contributed by atoms with E-state index in [0.717, 1.165) is 26.3 Å². The van der Waals surface area contributed by atoms with Crippen LogP contribution in [0.2, 0.25) is 0 Å². The van der Waals surface area contributed by atoms with Gasteiger partial charge in [0.2, 0.25) is 0 Å². The summed E-state index contributed by atoms with van der Waals surface area (Å²) in [4.78, 5) is 2.19. The van der Waals surface area contributed by atoms with Gasteiger partial charge in [-0.2, -0.15) is 0 Å². The van der Waals surface area contributed by atoms with Crippen molar-refractivity contribution >= 4 is 8.80 Å². The highest BCUT2D eigenvalue weighted by atomic mass is 28.4. The summed E-state index contributed by atoms with van der Waals surface area (Å²) in [5, 5.41) is 0. The van der Waals surface area contributed by atoms with Crippen molar-refractivity contribution in [1.82, 2.24) is 4.90 Å². The maximum absolute atomic E-state index is 5.40. The van der Waals surface area contributed by atoms with E-state index in [9.17, 15) is 0 Å². The quantitative estimate of drug-likeness (QED) is 0.623. The highest BCUT2D eigenvalue weighted by Crippen LogP contribution is 2.17. The molecule has 1 aliphatic rings. The molecule has 15 heavy (non-hydrogen) atoms. The van der Waals surface area contributed by atoms with Crippen LogP contribution in [0.25, 0.3) is 0 Å². The van der Waals surface area contributed by atoms with Crippen molar-refractivity contribution in [2.24, 2.45) is 0 Å². The van der Waals surface area contributed by atoms with Crippen LogP contribution in [0.15, 0.2) is 0 Å². The molecule has 1 unspecified atom stereocenters. The lowest BCUT2D eigenvalue weighted by molar-refractivity contribution is 0.0139. The molecule has 5 nitrogen and oxygen atoms in total. The molecule has 0 saturated carbocycles. The van der Waals surface area contributed by atoms with Gasteiger partial charge in [0.15, 0.2) is 0 Å². The van der Waals surface area contributed by atoms with Crippen molar-refractivity contribution < 1.29 is 18.0 Å². The van der Waals surface area contributed by atoms with Gasteiger partial charge in [0.1, 0.15) is 0 Å². The predicted molar refractivity (Wildman–Crippen MR) is 58.3 cm³/mol. The molecule has 1 saturated heterocycles. The average Bonchev–Trinajstić information content (AvgIpc) is 2.33. The molecule has 1 fully saturated rings. The van der Waals surface area contributed by atoms with Crippen LogP contribution in [-0.2, 0) is 18.0 Å². The van der Waals surface area contributed by atoms with Crippen LogP contribution in [0.3, 0.4) is 0 Å². The molecular formula is C9H20NO4Si. The van der Waals surface area contributed by atoms with E-state index < -0.39 is 8.80 Å². The van der Waals surface area contributed by atoms with Crippen molar-refractivity contribution in [3.63, 3.8) is 0 Å². The smallest absolute Gasteiger partial charge is 0.379 e. The number of nitrogens with zero attached hydrogens (tertiary/aromatic N) is 1. The predicted octanol–water partition coefficient (Wildman–Crippen LogP) is -0.0614. The fourth-order valence-corrected chi connectivity index (χ4v) is 3.79. The molecule has 0 spiro atoms. The van der Waals surface area contributed by atoms with Crippen LogP contribution >= 0.6 is 0 Å². The van der Waals surface area contributed by atoms with Gasteiger partial charge in [-0.3, -0.25) is 4.90 Å². The fourth-order valence-electron chi connectivity index (χ4n) is 1.77. The molecule has 0 amide bonds. The largest absolute Gasteiger partial charge is 0.518 e. The molecule has 1 radical (unpaired) electrons. The molecule has 89 valence electrons. The van der Waals surface area contributed by atoms with E-state index in [0.29, 0.717) is 0 Å². The SMILES string of the molecule is [CH2]C(N1CCOCC1)[Si](OC)(OC)OC. The molecule has 1 heterocycles. The average molecular weight is 234 g/mol. The molecule has 1 rings (SSSR count). The Morgan fingerprint density at radius 3 is 2.00 bits per heavy atom. The molecule has 1 aliphatic heterocycles. The Balaban J connectivity index is 2.65. The third-order valence-corrected chi connectivity index (χ3v) is 5.64. The molecule has 0 bridgehead atoms. The van der Waals surface area contributed by atoms with Gasteiger partial charge < -0.3 is 18.0 Å². The summed E-state index contributed by atoms with van der Waals surface area (Å²) in [6.45, 7) is 7.26. The van der Waals surface area contributed by atoms with Gasteiger partial charge in [-0.1, -0.05) is 0 Å². The van der Waals surface area contributed by atoms with Crippen LogP contribution in [-0.4, -0.2) is 67.0 Å². The van der Waals surface area contributed by atoms with E-state index in [1.54, 1.807) is 21.3 Å². The molecule has 0 aromatic carbocycles. The van der Waals surface area contributed by atoms with Gasteiger partial charge in [0, 0.05) is 34.4 Å². The zero-order chi connectivity index (χ0) is 11.3. The standard InChI is InChI=1S/C9H20NO4Si/c1-9(10-5-7-14-8-6-10)15(11-2,12-3)13-4/h9H,1,5-8H2,2-4H3. The first-order chi connectivity index (χ1) is 7.20. The lowest BCUT2D eigenvalue weighted by Gasteiger charge is -2.39. The zero-order valence-corrected chi connectivity index (χ0v) is 10.7. The molecule has 0 N–H and O–H groups in total. The minimum absolute atomic E-state index is 0.0820. The summed E-state index contributed by atoms with van der Waals surface area (Å²) in [5.41, 5.74) is -0.0820. The highest BCUT2D eigenvalue weighted by Gasteiger charge is 2.47. The third kappa shape index (κ3) is 2.77. The van der Waals surface area contributed by atoms with E-state index in [1.807, 2.05) is 0 Å². The minimum Gasteiger partial charge on any atom is -0.379 e. The Labute approximate surface area is 92.6 Å². The topological polar surface area (TPSA) is 40.2 Å². The van der Waals surface area contributed by atoms with E-state index in [-0.39, 0.29) is 5.67 Å². The van der Waals surface area contributed by atoms with Gasteiger partial charge in [-0.05, 0) is 6.92 Å². The number of rotatable bonds is 5. The Kier molecular flexibility index (Phi) is 5.17. The first-order valence-electron chi connectivity index (χ1n) is 5.00. The third-order valence-electron chi connectivity index (χ3n) is 2.75. The number of morpholine rings is 1. The van der Waals surface area contributed by atoms with Gasteiger partial charge in [0.25, 0.3) is 0 Å². The Morgan fingerprint density at radius 1 is 1.13 bits per heavy atom. The van der Waals surface area contributed by atoms with Crippen molar-refractivity contribution in [2.75, 3.05) is 47.6 Å². The van der Waals surface area contributed by atoms with Gasteiger partial charge >= 0.3 is 8.80 Å². The lowest BCUT2D eigenvalue weighted by atomic mass is 10.4. The number of ether oxygens (including phenoxy) is 1. The summed E-state index contributed by atoms with van der Waals surface area (Å²) in [6.07, 6.45) is 0. The van der Waals surface area contributed by atoms with Crippen LogP contribution in [0.1, 0.15) is 0 Å². The first-order valence-corrected chi connectivity index (χ1v) is 6.80. The van der Waals surface area contributed by atoms with Gasteiger partial charge in [-0.25, -0.2) is 0 Å². The second-order valence-electron chi connectivity index (χ2n) is 3.38. The van der Waals surface area contributed by atoms with Crippen LogP contribution in [0.5, 0.6) is 0 Å². The summed E-state index contributed by atoms with van der Waals surface area (Å²) in [6, 6.07) is 0. The molecule has 6 heteroatoms. The van der Waals surface area contributed by atoms with E-state index >= 15 is 0 Å². The highest BCUT2D eigenvalue weighted by molar-refractivity contribution is 6.62. The van der Waals surface area contributed by atoms with Crippen LogP contribution in [0.4, 0.5) is 0 Å². The number of hydrogen-bond acceptors (Lipinski definition) is 5. The fraction of sp³-hybridized carbons (Fsp3) is 0.889. The lowest BCUT2D eigenvalue weighted by Crippen LogP contribution is -2.62. The molecule has 1 atom stereocenters. The monoisotopic (exact) mass is 234 g/mol.